The number of esters is 1. The first-order valence-corrected chi connectivity index (χ1v) is 5.75. The molecular weight excluding hydrogens is 214 g/mol. The molecule has 0 aromatic carbocycles. The van der Waals surface area contributed by atoms with Crippen LogP contribution in [0.25, 0.3) is 0 Å². The summed E-state index contributed by atoms with van der Waals surface area (Å²) in [6, 6.07) is 0. The van der Waals surface area contributed by atoms with Crippen LogP contribution in [0.4, 0.5) is 0 Å². The highest BCUT2D eigenvalue weighted by atomic mass is 32.2. The highest BCUT2D eigenvalue weighted by molar-refractivity contribution is 8.00. The minimum atomic E-state index is -0.452. The van der Waals surface area contributed by atoms with Gasteiger partial charge in [0.05, 0.1) is 18.1 Å². The fourth-order valence-corrected chi connectivity index (χ4v) is 2.64. The number of fused-ring (bicyclic) bond motifs is 1. The van der Waals surface area contributed by atoms with Crippen LogP contribution < -0.4 is 0 Å². The van der Waals surface area contributed by atoms with Gasteiger partial charge in [0.25, 0.3) is 0 Å². The summed E-state index contributed by atoms with van der Waals surface area (Å²) in [6.07, 6.45) is 5.22. The molecule has 1 amide bonds. The van der Waals surface area contributed by atoms with E-state index in [2.05, 4.69) is 0 Å². The smallest absolute Gasteiger partial charge is 0.359 e. The molecule has 0 bridgehead atoms. The van der Waals surface area contributed by atoms with Crippen LogP contribution in [0, 0.1) is 0 Å². The van der Waals surface area contributed by atoms with Gasteiger partial charge in [0.2, 0.25) is 5.91 Å². The molecule has 0 aromatic heterocycles. The van der Waals surface area contributed by atoms with E-state index >= 15 is 0 Å². The van der Waals surface area contributed by atoms with Crippen LogP contribution in [0.1, 0.15) is 13.3 Å². The van der Waals surface area contributed by atoms with Crippen LogP contribution in [0.15, 0.2) is 24.1 Å². The van der Waals surface area contributed by atoms with E-state index < -0.39 is 5.97 Å². The van der Waals surface area contributed by atoms with E-state index in [4.69, 9.17) is 4.74 Å². The van der Waals surface area contributed by atoms with Gasteiger partial charge in [-0.1, -0.05) is 6.08 Å². The van der Waals surface area contributed by atoms with E-state index in [-0.39, 0.29) is 11.3 Å². The van der Waals surface area contributed by atoms with Gasteiger partial charge < -0.3 is 4.74 Å². The molecule has 0 radical (unpaired) electrons. The quantitative estimate of drug-likeness (QED) is 0.403. The van der Waals surface area contributed by atoms with Crippen LogP contribution >= 0.6 is 11.8 Å². The molecular formula is C10H11NO3S. The summed E-state index contributed by atoms with van der Waals surface area (Å²) in [4.78, 5) is 24.4. The van der Waals surface area contributed by atoms with Crippen LogP contribution in [0.3, 0.4) is 0 Å². The fourth-order valence-electron chi connectivity index (χ4n) is 1.52. The predicted octanol–water partition coefficient (Wildman–Crippen LogP) is 1.25. The van der Waals surface area contributed by atoms with Gasteiger partial charge in [-0.05, 0) is 13.0 Å². The topological polar surface area (TPSA) is 46.6 Å². The van der Waals surface area contributed by atoms with Crippen molar-refractivity contribution in [3.63, 3.8) is 0 Å². The Morgan fingerprint density at radius 2 is 2.53 bits per heavy atom. The Balaban J connectivity index is 2.10. The summed E-state index contributed by atoms with van der Waals surface area (Å²) in [6.45, 7) is 1.76. The molecule has 0 saturated carbocycles. The Morgan fingerprint density at radius 3 is 3.20 bits per heavy atom. The lowest BCUT2D eigenvalue weighted by Crippen LogP contribution is -2.53. The van der Waals surface area contributed by atoms with Crippen molar-refractivity contribution in [3.05, 3.63) is 24.1 Å². The highest BCUT2D eigenvalue weighted by Crippen LogP contribution is 2.37. The molecule has 0 spiro atoms. The molecule has 0 aliphatic carbocycles. The molecule has 1 saturated heterocycles. The van der Waals surface area contributed by atoms with Crippen LogP contribution in [-0.4, -0.2) is 27.9 Å². The van der Waals surface area contributed by atoms with Crippen molar-refractivity contribution in [3.8, 4) is 0 Å². The average Bonchev–Trinajstić information content (AvgIpc) is 2.23. The van der Waals surface area contributed by atoms with Crippen molar-refractivity contribution >= 4 is 23.6 Å². The van der Waals surface area contributed by atoms with Gasteiger partial charge in [-0.15, -0.1) is 11.8 Å². The lowest BCUT2D eigenvalue weighted by molar-refractivity contribution is -0.146. The number of carbonyl (C=O) groups excluding carboxylic acids is 2. The Bertz CT molecular complexity index is 362. The minimum Gasteiger partial charge on any atom is -0.430 e. The van der Waals surface area contributed by atoms with Crippen LogP contribution in [0.5, 0.6) is 0 Å². The average molecular weight is 225 g/mol. The molecule has 4 nitrogen and oxygen atoms in total. The zero-order chi connectivity index (χ0) is 10.8. The van der Waals surface area contributed by atoms with E-state index in [9.17, 15) is 9.59 Å². The van der Waals surface area contributed by atoms with Gasteiger partial charge in [0, 0.05) is 5.75 Å². The van der Waals surface area contributed by atoms with Gasteiger partial charge in [-0.2, -0.15) is 0 Å². The van der Waals surface area contributed by atoms with E-state index in [1.807, 2.05) is 0 Å². The fraction of sp³-hybridized carbons (Fsp3) is 0.400. The zero-order valence-corrected chi connectivity index (χ0v) is 9.12. The maximum atomic E-state index is 11.5. The number of hydrogen-bond acceptors (Lipinski definition) is 4. The Hall–Kier alpha value is -1.23. The number of thioether (sulfide) groups is 1. The van der Waals surface area contributed by atoms with Crippen molar-refractivity contribution in [1.82, 2.24) is 4.90 Å². The Labute approximate surface area is 92.0 Å². The molecule has 1 atom stereocenters. The molecule has 2 heterocycles. The Morgan fingerprint density at radius 1 is 1.73 bits per heavy atom. The highest BCUT2D eigenvalue weighted by Gasteiger charge is 2.43. The number of allylic oxidation sites excluding steroid dienone is 1. The minimum absolute atomic E-state index is 0.00382. The predicted molar refractivity (Wildman–Crippen MR) is 56.7 cm³/mol. The molecule has 0 aromatic rings. The lowest BCUT2D eigenvalue weighted by atomic mass is 10.1. The molecule has 15 heavy (non-hydrogen) atoms. The van der Waals surface area contributed by atoms with Crippen LogP contribution in [0.2, 0.25) is 0 Å². The summed E-state index contributed by atoms with van der Waals surface area (Å²) < 4.78 is 4.84. The van der Waals surface area contributed by atoms with Gasteiger partial charge in [0.15, 0.2) is 0 Å². The lowest BCUT2D eigenvalue weighted by Gasteiger charge is -2.42. The SMILES string of the molecule is CC=COC(=O)C1=CCS[C@@H]2CC(=O)N12. The number of ether oxygens (including phenoxy) is 1. The normalized spacial score (nSPS) is 24.6. The summed E-state index contributed by atoms with van der Waals surface area (Å²) >= 11 is 1.66. The molecule has 2 aliphatic rings. The van der Waals surface area contributed by atoms with E-state index in [0.29, 0.717) is 12.1 Å². The summed E-state index contributed by atoms with van der Waals surface area (Å²) in [5.41, 5.74) is 0.383. The first-order chi connectivity index (χ1) is 7.24. The van der Waals surface area contributed by atoms with Gasteiger partial charge >= 0.3 is 5.97 Å². The number of amides is 1. The van der Waals surface area contributed by atoms with Crippen molar-refractivity contribution in [2.75, 3.05) is 5.75 Å². The first-order valence-electron chi connectivity index (χ1n) is 4.70. The van der Waals surface area contributed by atoms with E-state index in [0.717, 1.165) is 5.75 Å². The number of rotatable bonds is 2. The third kappa shape index (κ3) is 1.79. The standard InChI is InChI=1S/C10H11NO3S/c1-2-4-14-10(13)7-3-5-15-9-6-8(12)11(7)9/h2-4,9H,5-6H2,1H3/t9-/m1/s1. The summed E-state index contributed by atoms with van der Waals surface area (Å²) in [5.74, 6) is 0.302. The second kappa shape index (κ2) is 4.10. The van der Waals surface area contributed by atoms with E-state index in [1.165, 1.54) is 11.2 Å². The third-order valence-corrected chi connectivity index (χ3v) is 3.37. The molecule has 80 valence electrons. The second-order valence-corrected chi connectivity index (χ2v) is 4.43. The largest absolute Gasteiger partial charge is 0.430 e. The second-order valence-electron chi connectivity index (χ2n) is 3.22. The first kappa shape index (κ1) is 10.3. The van der Waals surface area contributed by atoms with Gasteiger partial charge in [-0.3, -0.25) is 9.69 Å². The molecule has 2 aliphatic heterocycles. The van der Waals surface area contributed by atoms with Gasteiger partial charge in [0.1, 0.15) is 5.70 Å². The van der Waals surface area contributed by atoms with Crippen molar-refractivity contribution < 1.29 is 14.3 Å². The van der Waals surface area contributed by atoms with Crippen molar-refractivity contribution in [1.29, 1.82) is 0 Å². The monoisotopic (exact) mass is 225 g/mol. The third-order valence-electron chi connectivity index (χ3n) is 2.25. The molecule has 0 unspecified atom stereocenters. The molecule has 2 rings (SSSR count). The van der Waals surface area contributed by atoms with E-state index in [1.54, 1.807) is 30.8 Å². The number of carbonyl (C=O) groups is 2. The number of β-lactam (4-membered cyclic amide) rings is 1. The van der Waals surface area contributed by atoms with Crippen molar-refractivity contribution in [2.24, 2.45) is 0 Å². The summed E-state index contributed by atoms with van der Waals surface area (Å²) in [7, 11) is 0. The molecule has 0 N–H and O–H groups in total. The molecule has 5 heteroatoms. The number of nitrogens with zero attached hydrogens (tertiary/aromatic N) is 1. The summed E-state index contributed by atoms with van der Waals surface area (Å²) in [5, 5.41) is 0.135. The van der Waals surface area contributed by atoms with Crippen molar-refractivity contribution in [2.45, 2.75) is 18.7 Å². The van der Waals surface area contributed by atoms with Gasteiger partial charge in [-0.25, -0.2) is 4.79 Å². The zero-order valence-electron chi connectivity index (χ0n) is 8.30. The molecule has 1 fully saturated rings. The number of hydrogen-bond donors (Lipinski definition) is 0. The maximum absolute atomic E-state index is 11.5. The maximum Gasteiger partial charge on any atom is 0.359 e. The van der Waals surface area contributed by atoms with Crippen LogP contribution in [-0.2, 0) is 14.3 Å². The Kier molecular flexibility index (Phi) is 2.81.